The molecule has 0 radical (unpaired) electrons. The molecular weight excluding hydrogens is 374 g/mol. The number of nitrogens with one attached hydrogen (secondary N) is 1. The normalized spacial score (nSPS) is 16.5. The summed E-state index contributed by atoms with van der Waals surface area (Å²) < 4.78 is 7.05. The molecule has 1 amide bonds. The van der Waals surface area contributed by atoms with Crippen molar-refractivity contribution in [1.82, 2.24) is 14.9 Å². The molecule has 7 heteroatoms. The van der Waals surface area contributed by atoms with E-state index in [2.05, 4.69) is 10.3 Å². The largest absolute Gasteiger partial charge is 0.376 e. The van der Waals surface area contributed by atoms with Crippen LogP contribution in [-0.4, -0.2) is 34.7 Å². The Hall–Kier alpha value is -2.51. The van der Waals surface area contributed by atoms with Crippen molar-refractivity contribution in [3.63, 3.8) is 0 Å². The minimum atomic E-state index is -0.0971. The van der Waals surface area contributed by atoms with Crippen molar-refractivity contribution in [2.75, 3.05) is 13.2 Å². The van der Waals surface area contributed by atoms with Gasteiger partial charge in [0, 0.05) is 36.6 Å². The predicted octanol–water partition coefficient (Wildman–Crippen LogP) is 3.12. The third kappa shape index (κ3) is 3.86. The van der Waals surface area contributed by atoms with E-state index in [1.54, 1.807) is 6.33 Å². The van der Waals surface area contributed by atoms with E-state index in [-0.39, 0.29) is 24.0 Å². The molecule has 1 aliphatic heterocycles. The topological polar surface area (TPSA) is 73.2 Å². The lowest BCUT2D eigenvalue weighted by molar-refractivity contribution is -0.121. The number of benzene rings is 1. The highest BCUT2D eigenvalue weighted by atomic mass is 32.1. The van der Waals surface area contributed by atoms with Gasteiger partial charge in [0.15, 0.2) is 0 Å². The van der Waals surface area contributed by atoms with E-state index >= 15 is 0 Å². The maximum atomic E-state index is 13.1. The molecule has 1 aromatic carbocycles. The van der Waals surface area contributed by atoms with Gasteiger partial charge in [-0.2, -0.15) is 0 Å². The van der Waals surface area contributed by atoms with Gasteiger partial charge in [0.1, 0.15) is 4.83 Å². The lowest BCUT2D eigenvalue weighted by Crippen LogP contribution is -2.33. The summed E-state index contributed by atoms with van der Waals surface area (Å²) in [7, 11) is 0. The molecule has 3 aromatic rings. The Kier molecular flexibility index (Phi) is 5.54. The maximum absolute atomic E-state index is 13.1. The molecule has 6 nitrogen and oxygen atoms in total. The van der Waals surface area contributed by atoms with Crippen molar-refractivity contribution in [3.05, 3.63) is 51.9 Å². The van der Waals surface area contributed by atoms with Gasteiger partial charge in [-0.15, -0.1) is 11.3 Å². The first kappa shape index (κ1) is 18.8. The second kappa shape index (κ2) is 8.24. The van der Waals surface area contributed by atoms with Gasteiger partial charge >= 0.3 is 0 Å². The number of amides is 1. The van der Waals surface area contributed by atoms with Crippen LogP contribution in [-0.2, 0) is 16.1 Å². The van der Waals surface area contributed by atoms with Gasteiger partial charge in [-0.05, 0) is 25.3 Å². The Labute approximate surface area is 167 Å². The summed E-state index contributed by atoms with van der Waals surface area (Å²) in [6.45, 7) is 3.62. The van der Waals surface area contributed by atoms with Crippen molar-refractivity contribution < 1.29 is 9.53 Å². The molecule has 1 aliphatic rings. The molecular formula is C21H23N3O3S. The number of rotatable bonds is 6. The number of fused-ring (bicyclic) bond motifs is 1. The molecule has 0 spiro atoms. The van der Waals surface area contributed by atoms with Gasteiger partial charge < -0.3 is 10.1 Å². The molecule has 1 unspecified atom stereocenters. The molecule has 146 valence electrons. The zero-order valence-corrected chi connectivity index (χ0v) is 16.6. The number of hydrogen-bond donors (Lipinski definition) is 1. The highest BCUT2D eigenvalue weighted by Crippen LogP contribution is 2.35. The van der Waals surface area contributed by atoms with Crippen LogP contribution in [0.3, 0.4) is 0 Å². The van der Waals surface area contributed by atoms with E-state index in [9.17, 15) is 9.59 Å². The summed E-state index contributed by atoms with van der Waals surface area (Å²) >= 11 is 1.53. The zero-order chi connectivity index (χ0) is 19.5. The maximum Gasteiger partial charge on any atom is 0.262 e. The van der Waals surface area contributed by atoms with Gasteiger partial charge in [-0.25, -0.2) is 4.98 Å². The van der Waals surface area contributed by atoms with Crippen LogP contribution in [0.25, 0.3) is 21.3 Å². The molecule has 0 bridgehead atoms. The van der Waals surface area contributed by atoms with E-state index in [1.807, 2.05) is 37.3 Å². The number of ether oxygens (including phenoxy) is 1. The van der Waals surface area contributed by atoms with Crippen LogP contribution in [0, 0.1) is 6.92 Å². The van der Waals surface area contributed by atoms with Crippen LogP contribution in [0.4, 0.5) is 0 Å². The number of aromatic nitrogens is 2. The SMILES string of the molecule is Cc1sc2ncn(CCC(=O)NCC3CCCO3)c(=O)c2c1-c1ccccc1. The summed E-state index contributed by atoms with van der Waals surface area (Å²) in [5.41, 5.74) is 1.85. The molecule has 1 saturated heterocycles. The van der Waals surface area contributed by atoms with Crippen LogP contribution in [0.2, 0.25) is 0 Å². The molecule has 1 fully saturated rings. The first-order chi connectivity index (χ1) is 13.6. The smallest absolute Gasteiger partial charge is 0.262 e. The highest BCUT2D eigenvalue weighted by Gasteiger charge is 2.18. The van der Waals surface area contributed by atoms with E-state index in [0.29, 0.717) is 18.5 Å². The van der Waals surface area contributed by atoms with E-state index in [4.69, 9.17) is 4.74 Å². The van der Waals surface area contributed by atoms with E-state index in [0.717, 1.165) is 40.3 Å². The lowest BCUT2D eigenvalue weighted by atomic mass is 10.0. The zero-order valence-electron chi connectivity index (χ0n) is 15.8. The predicted molar refractivity (Wildman–Crippen MR) is 111 cm³/mol. The molecule has 3 heterocycles. The van der Waals surface area contributed by atoms with Crippen LogP contribution in [0.1, 0.15) is 24.1 Å². The summed E-state index contributed by atoms with van der Waals surface area (Å²) in [6.07, 6.45) is 3.93. The van der Waals surface area contributed by atoms with Crippen LogP contribution < -0.4 is 10.9 Å². The van der Waals surface area contributed by atoms with Gasteiger partial charge in [-0.3, -0.25) is 14.2 Å². The number of nitrogens with zero attached hydrogens (tertiary/aromatic N) is 2. The molecule has 0 saturated carbocycles. The molecule has 0 aliphatic carbocycles. The quantitative estimate of drug-likeness (QED) is 0.694. The Balaban J connectivity index is 1.53. The number of thiophene rings is 1. The third-order valence-corrected chi connectivity index (χ3v) is 6.06. The molecule has 1 N–H and O–H groups in total. The second-order valence-electron chi connectivity index (χ2n) is 7.01. The lowest BCUT2D eigenvalue weighted by Gasteiger charge is -2.11. The number of carbonyl (C=O) groups is 1. The van der Waals surface area contributed by atoms with Gasteiger partial charge in [0.25, 0.3) is 5.56 Å². The molecule has 28 heavy (non-hydrogen) atoms. The fraction of sp³-hybridized carbons (Fsp3) is 0.381. The number of carbonyl (C=O) groups excluding carboxylic acids is 1. The molecule has 4 rings (SSSR count). The van der Waals surface area contributed by atoms with Crippen molar-refractivity contribution in [1.29, 1.82) is 0 Å². The standard InChI is InChI=1S/C21H23N3O3S/c1-14-18(15-6-3-2-4-7-15)19-20(28-14)23-13-24(21(19)26)10-9-17(25)22-12-16-8-5-11-27-16/h2-4,6-7,13,16H,5,8-12H2,1H3,(H,22,25). The average molecular weight is 398 g/mol. The summed E-state index contributed by atoms with van der Waals surface area (Å²) in [6, 6.07) is 9.89. The van der Waals surface area contributed by atoms with Crippen LogP contribution in [0.15, 0.2) is 41.5 Å². The average Bonchev–Trinajstić information content (AvgIpc) is 3.34. The molecule has 2 aromatic heterocycles. The second-order valence-corrected chi connectivity index (χ2v) is 8.21. The van der Waals surface area contributed by atoms with Crippen molar-refractivity contribution >= 4 is 27.5 Å². The Morgan fingerprint density at radius 1 is 1.36 bits per heavy atom. The van der Waals surface area contributed by atoms with Gasteiger partial charge in [-0.1, -0.05) is 30.3 Å². The van der Waals surface area contributed by atoms with E-state index < -0.39 is 0 Å². The Bertz CT molecular complexity index is 1040. The monoisotopic (exact) mass is 397 g/mol. The van der Waals surface area contributed by atoms with Crippen LogP contribution in [0.5, 0.6) is 0 Å². The minimum Gasteiger partial charge on any atom is -0.376 e. The minimum absolute atomic E-state index is 0.0766. The fourth-order valence-corrected chi connectivity index (χ4v) is 4.60. The number of aryl methyl sites for hydroxylation is 2. The van der Waals surface area contributed by atoms with Gasteiger partial charge in [0.2, 0.25) is 5.91 Å². The summed E-state index contributed by atoms with van der Waals surface area (Å²) in [5.74, 6) is -0.0766. The van der Waals surface area contributed by atoms with Crippen molar-refractivity contribution in [2.24, 2.45) is 0 Å². The first-order valence-electron chi connectivity index (χ1n) is 9.56. The van der Waals surface area contributed by atoms with Crippen molar-refractivity contribution in [2.45, 2.75) is 38.8 Å². The Morgan fingerprint density at radius 3 is 2.93 bits per heavy atom. The third-order valence-electron chi connectivity index (χ3n) is 5.05. The Morgan fingerprint density at radius 2 is 2.18 bits per heavy atom. The molecule has 1 atom stereocenters. The summed E-state index contributed by atoms with van der Waals surface area (Å²) in [4.78, 5) is 31.5. The van der Waals surface area contributed by atoms with E-state index in [1.165, 1.54) is 15.9 Å². The van der Waals surface area contributed by atoms with Crippen LogP contribution >= 0.6 is 11.3 Å². The van der Waals surface area contributed by atoms with Gasteiger partial charge in [0.05, 0.1) is 17.8 Å². The first-order valence-corrected chi connectivity index (χ1v) is 10.4. The fourth-order valence-electron chi connectivity index (χ4n) is 3.59. The highest BCUT2D eigenvalue weighted by molar-refractivity contribution is 7.19. The summed E-state index contributed by atoms with van der Waals surface area (Å²) in [5, 5.41) is 3.53. The van der Waals surface area contributed by atoms with Crippen molar-refractivity contribution in [3.8, 4) is 11.1 Å². The number of hydrogen-bond acceptors (Lipinski definition) is 5.